The van der Waals surface area contributed by atoms with E-state index in [0.717, 1.165) is 6.07 Å². The molecule has 0 spiro atoms. The van der Waals surface area contributed by atoms with Gasteiger partial charge in [0.1, 0.15) is 0 Å². The van der Waals surface area contributed by atoms with E-state index in [4.69, 9.17) is 10.8 Å². The quantitative estimate of drug-likeness (QED) is 0.833. The van der Waals surface area contributed by atoms with Crippen molar-refractivity contribution >= 4 is 0 Å². The first kappa shape index (κ1) is 13.0. The summed E-state index contributed by atoms with van der Waals surface area (Å²) in [6, 6.07) is 5.36. The highest BCUT2D eigenvalue weighted by Crippen LogP contribution is 2.32. The number of nitrogens with two attached hydrogens (primary N) is 1. The number of benzene rings is 1. The molecule has 0 saturated heterocycles. The normalized spacial score (nSPS) is 13.8. The lowest BCUT2D eigenvalue weighted by Crippen LogP contribution is -2.22. The molecule has 0 bridgehead atoms. The summed E-state index contributed by atoms with van der Waals surface area (Å²) in [7, 11) is 0. The molecule has 90 valence electrons. The number of aliphatic hydroxyl groups excluding tert-OH is 1. The Labute approximate surface area is 91.9 Å². The molecule has 0 saturated carbocycles. The SMILES string of the molecule is NCC(CO)Cc1ccccc1C(F)(F)F. The Morgan fingerprint density at radius 2 is 1.88 bits per heavy atom. The smallest absolute Gasteiger partial charge is 0.396 e. The Kier molecular flexibility index (Phi) is 4.32. The van der Waals surface area contributed by atoms with E-state index in [1.165, 1.54) is 12.1 Å². The lowest BCUT2D eigenvalue weighted by molar-refractivity contribution is -0.138. The lowest BCUT2D eigenvalue weighted by atomic mass is 9.96. The van der Waals surface area contributed by atoms with Crippen LogP contribution in [0.15, 0.2) is 24.3 Å². The van der Waals surface area contributed by atoms with Crippen molar-refractivity contribution in [3.8, 4) is 0 Å². The van der Waals surface area contributed by atoms with Crippen LogP contribution in [-0.4, -0.2) is 18.3 Å². The van der Waals surface area contributed by atoms with Crippen LogP contribution in [0, 0.1) is 5.92 Å². The summed E-state index contributed by atoms with van der Waals surface area (Å²) in [5.41, 5.74) is 4.88. The standard InChI is InChI=1S/C11H14F3NO/c12-11(13,14)10-4-2-1-3-9(10)5-8(6-15)7-16/h1-4,8,16H,5-7,15H2. The van der Waals surface area contributed by atoms with Gasteiger partial charge in [-0.25, -0.2) is 0 Å². The predicted molar refractivity (Wildman–Crippen MR) is 54.8 cm³/mol. The number of hydrogen-bond acceptors (Lipinski definition) is 2. The Balaban J connectivity index is 2.95. The molecule has 0 aliphatic carbocycles. The highest BCUT2D eigenvalue weighted by Gasteiger charge is 2.33. The Hall–Kier alpha value is -1.07. The van der Waals surface area contributed by atoms with Crippen molar-refractivity contribution in [2.75, 3.05) is 13.2 Å². The van der Waals surface area contributed by atoms with Crippen LogP contribution < -0.4 is 5.73 Å². The van der Waals surface area contributed by atoms with Gasteiger partial charge in [0.15, 0.2) is 0 Å². The van der Waals surface area contributed by atoms with Crippen molar-refractivity contribution in [2.24, 2.45) is 11.7 Å². The van der Waals surface area contributed by atoms with Gasteiger partial charge >= 0.3 is 6.18 Å². The summed E-state index contributed by atoms with van der Waals surface area (Å²) >= 11 is 0. The van der Waals surface area contributed by atoms with Gasteiger partial charge in [0, 0.05) is 6.61 Å². The summed E-state index contributed by atoms with van der Waals surface area (Å²) in [5, 5.41) is 8.92. The molecule has 0 radical (unpaired) electrons. The van der Waals surface area contributed by atoms with Crippen LogP contribution in [0.3, 0.4) is 0 Å². The van der Waals surface area contributed by atoms with Gasteiger partial charge in [-0.3, -0.25) is 0 Å². The topological polar surface area (TPSA) is 46.2 Å². The number of halogens is 3. The average molecular weight is 233 g/mol. The van der Waals surface area contributed by atoms with Gasteiger partial charge in [0.05, 0.1) is 5.56 Å². The second kappa shape index (κ2) is 5.32. The zero-order chi connectivity index (χ0) is 12.2. The summed E-state index contributed by atoms with van der Waals surface area (Å²) in [6.45, 7) is -0.0363. The van der Waals surface area contributed by atoms with Crippen molar-refractivity contribution in [1.82, 2.24) is 0 Å². The fourth-order valence-corrected chi connectivity index (χ4v) is 1.51. The number of alkyl halides is 3. The van der Waals surface area contributed by atoms with Crippen LogP contribution in [0.2, 0.25) is 0 Å². The lowest BCUT2D eigenvalue weighted by Gasteiger charge is -2.16. The molecule has 0 fully saturated rings. The Morgan fingerprint density at radius 3 is 2.38 bits per heavy atom. The van der Waals surface area contributed by atoms with Crippen molar-refractivity contribution in [3.63, 3.8) is 0 Å². The number of aliphatic hydroxyl groups is 1. The Morgan fingerprint density at radius 1 is 1.25 bits per heavy atom. The van der Waals surface area contributed by atoms with Crippen molar-refractivity contribution in [1.29, 1.82) is 0 Å². The van der Waals surface area contributed by atoms with Gasteiger partial charge in [-0.1, -0.05) is 18.2 Å². The van der Waals surface area contributed by atoms with Crippen LogP contribution in [0.1, 0.15) is 11.1 Å². The first-order valence-corrected chi connectivity index (χ1v) is 4.95. The monoisotopic (exact) mass is 233 g/mol. The van der Waals surface area contributed by atoms with Crippen LogP contribution in [0.25, 0.3) is 0 Å². The van der Waals surface area contributed by atoms with E-state index in [1.54, 1.807) is 6.07 Å². The third kappa shape index (κ3) is 3.21. The summed E-state index contributed by atoms with van der Waals surface area (Å²) < 4.78 is 37.8. The van der Waals surface area contributed by atoms with Gasteiger partial charge in [0.25, 0.3) is 0 Å². The molecule has 5 heteroatoms. The van der Waals surface area contributed by atoms with E-state index in [0.29, 0.717) is 0 Å². The van der Waals surface area contributed by atoms with Gasteiger partial charge < -0.3 is 10.8 Å². The maximum atomic E-state index is 12.6. The molecule has 1 atom stereocenters. The number of hydrogen-bond donors (Lipinski definition) is 2. The fraction of sp³-hybridized carbons (Fsp3) is 0.455. The second-order valence-corrected chi connectivity index (χ2v) is 3.64. The second-order valence-electron chi connectivity index (χ2n) is 3.64. The van der Waals surface area contributed by atoms with Crippen LogP contribution in [-0.2, 0) is 12.6 Å². The minimum absolute atomic E-state index is 0.142. The maximum absolute atomic E-state index is 12.6. The molecule has 1 unspecified atom stereocenters. The minimum atomic E-state index is -4.36. The summed E-state index contributed by atoms with van der Waals surface area (Å²) in [4.78, 5) is 0. The molecule has 1 aromatic carbocycles. The molecular weight excluding hydrogens is 219 g/mol. The van der Waals surface area contributed by atoms with E-state index >= 15 is 0 Å². The summed E-state index contributed by atoms with van der Waals surface area (Å²) in [6.07, 6.45) is -4.21. The van der Waals surface area contributed by atoms with Crippen molar-refractivity contribution < 1.29 is 18.3 Å². The highest BCUT2D eigenvalue weighted by atomic mass is 19.4. The van der Waals surface area contributed by atoms with Gasteiger partial charge in [-0.2, -0.15) is 13.2 Å². The van der Waals surface area contributed by atoms with Gasteiger partial charge in [0.2, 0.25) is 0 Å². The first-order chi connectivity index (χ1) is 7.49. The molecule has 0 amide bonds. The molecule has 2 nitrogen and oxygen atoms in total. The molecule has 16 heavy (non-hydrogen) atoms. The molecule has 0 aromatic heterocycles. The molecule has 0 aliphatic rings. The number of rotatable bonds is 4. The third-order valence-electron chi connectivity index (χ3n) is 2.42. The van der Waals surface area contributed by atoms with E-state index in [1.807, 2.05) is 0 Å². The molecule has 1 rings (SSSR count). The van der Waals surface area contributed by atoms with Crippen molar-refractivity contribution in [2.45, 2.75) is 12.6 Å². The fourth-order valence-electron chi connectivity index (χ4n) is 1.51. The largest absolute Gasteiger partial charge is 0.416 e. The zero-order valence-electron chi connectivity index (χ0n) is 8.67. The van der Waals surface area contributed by atoms with Crippen LogP contribution >= 0.6 is 0 Å². The van der Waals surface area contributed by atoms with E-state index < -0.39 is 11.7 Å². The van der Waals surface area contributed by atoms with E-state index in [2.05, 4.69) is 0 Å². The molecule has 1 aromatic rings. The summed E-state index contributed by atoms with van der Waals surface area (Å²) in [5.74, 6) is -0.330. The average Bonchev–Trinajstić information content (AvgIpc) is 2.25. The molecule has 0 heterocycles. The maximum Gasteiger partial charge on any atom is 0.416 e. The van der Waals surface area contributed by atoms with Crippen LogP contribution in [0.5, 0.6) is 0 Å². The molecular formula is C11H14F3NO. The minimum Gasteiger partial charge on any atom is -0.396 e. The first-order valence-electron chi connectivity index (χ1n) is 4.95. The third-order valence-corrected chi connectivity index (χ3v) is 2.42. The van der Waals surface area contributed by atoms with Crippen molar-refractivity contribution in [3.05, 3.63) is 35.4 Å². The molecule has 0 aliphatic heterocycles. The van der Waals surface area contributed by atoms with Crippen LogP contribution in [0.4, 0.5) is 13.2 Å². The Bertz CT molecular complexity index is 334. The highest BCUT2D eigenvalue weighted by molar-refractivity contribution is 5.30. The van der Waals surface area contributed by atoms with Gasteiger partial charge in [-0.15, -0.1) is 0 Å². The molecule has 3 N–H and O–H groups in total. The van der Waals surface area contributed by atoms with Gasteiger partial charge in [-0.05, 0) is 30.5 Å². The van der Waals surface area contributed by atoms with E-state index in [9.17, 15) is 13.2 Å². The predicted octanol–water partition coefficient (Wildman–Crippen LogP) is 1.82. The zero-order valence-corrected chi connectivity index (χ0v) is 8.67. The van der Waals surface area contributed by atoms with E-state index in [-0.39, 0.29) is 31.1 Å².